The maximum Gasteiger partial charge on any atom is 0.316 e. The molecule has 6 aliphatic rings. The monoisotopic (exact) mass is 496 g/mol. The van der Waals surface area contributed by atoms with Crippen LogP contribution in [-0.2, 0) is 19.2 Å². The van der Waals surface area contributed by atoms with Gasteiger partial charge in [0.1, 0.15) is 5.75 Å². The average Bonchev–Trinajstić information content (AvgIpc) is 3.55. The number of allylic oxidation sites excluding steroid dienone is 2. The number of nitrogens with zero attached hydrogens (tertiary/aromatic N) is 2. The van der Waals surface area contributed by atoms with Crippen molar-refractivity contribution in [3.05, 3.63) is 65.7 Å². The molecule has 4 fully saturated rings. The number of rotatable bonds is 4. The summed E-state index contributed by atoms with van der Waals surface area (Å²) in [5.41, 5.74) is 3.07. The first-order valence-corrected chi connectivity index (χ1v) is 13.1. The lowest BCUT2D eigenvalue weighted by molar-refractivity contribution is -0.139. The molecule has 0 unspecified atom stereocenters. The van der Waals surface area contributed by atoms with Crippen molar-refractivity contribution in [2.45, 2.75) is 26.7 Å². The van der Waals surface area contributed by atoms with Gasteiger partial charge in [0.15, 0.2) is 0 Å². The normalized spacial score (nSPS) is 33.1. The molecule has 0 N–H and O–H groups in total. The van der Waals surface area contributed by atoms with E-state index in [1.165, 1.54) is 4.90 Å². The molecule has 2 aliphatic heterocycles. The maximum absolute atomic E-state index is 13.4. The van der Waals surface area contributed by atoms with Crippen LogP contribution in [0.15, 0.2) is 54.6 Å². The average molecular weight is 497 g/mol. The Kier molecular flexibility index (Phi) is 4.78. The lowest BCUT2D eigenvalue weighted by Crippen LogP contribution is -2.40. The predicted octanol–water partition coefficient (Wildman–Crippen LogP) is 3.82. The number of aryl methyl sites for hydroxylation is 2. The van der Waals surface area contributed by atoms with E-state index in [1.807, 2.05) is 38.1 Å². The van der Waals surface area contributed by atoms with Gasteiger partial charge in [0.05, 0.1) is 23.4 Å². The fraction of sp³-hybridized carbons (Fsp3) is 0.400. The minimum Gasteiger partial charge on any atom is -0.426 e. The molecule has 4 aliphatic carbocycles. The van der Waals surface area contributed by atoms with E-state index in [0.29, 0.717) is 28.8 Å². The first-order valence-electron chi connectivity index (χ1n) is 13.1. The molecule has 2 aromatic rings. The van der Waals surface area contributed by atoms with E-state index >= 15 is 0 Å². The van der Waals surface area contributed by atoms with Crippen LogP contribution in [0.3, 0.4) is 0 Å². The van der Waals surface area contributed by atoms with E-state index in [4.69, 9.17) is 4.74 Å². The zero-order chi connectivity index (χ0) is 25.6. The highest BCUT2D eigenvalue weighted by Gasteiger charge is 2.67. The van der Waals surface area contributed by atoms with E-state index in [2.05, 4.69) is 12.2 Å². The molecule has 3 amide bonds. The summed E-state index contributed by atoms with van der Waals surface area (Å²) in [5, 5.41) is 0. The quantitative estimate of drug-likeness (QED) is 0.278. The highest BCUT2D eigenvalue weighted by molar-refractivity contribution is 6.23. The van der Waals surface area contributed by atoms with E-state index in [0.717, 1.165) is 17.7 Å². The van der Waals surface area contributed by atoms with Gasteiger partial charge in [-0.2, -0.15) is 0 Å². The van der Waals surface area contributed by atoms with Crippen molar-refractivity contribution in [1.82, 2.24) is 0 Å². The third kappa shape index (κ3) is 3.32. The number of hydrogen-bond acceptors (Lipinski definition) is 5. The van der Waals surface area contributed by atoms with Gasteiger partial charge in [0.25, 0.3) is 0 Å². The van der Waals surface area contributed by atoms with Crippen molar-refractivity contribution in [2.24, 2.45) is 41.4 Å². The Balaban J connectivity index is 1.07. The Morgan fingerprint density at radius 3 is 2.27 bits per heavy atom. The van der Waals surface area contributed by atoms with Crippen molar-refractivity contribution in [1.29, 1.82) is 0 Å². The highest BCUT2D eigenvalue weighted by Crippen LogP contribution is 2.65. The lowest BCUT2D eigenvalue weighted by Gasteiger charge is -2.37. The molecule has 7 nitrogen and oxygen atoms in total. The van der Waals surface area contributed by atoms with E-state index in [-0.39, 0.29) is 54.4 Å². The fourth-order valence-electron chi connectivity index (χ4n) is 7.25. The number of esters is 1. The standard InChI is InChI=1S/C30H28N2O5/c1-15-4-3-5-18(10-15)31-14-17(12-25(31)33)30(36)37-19-6-9-24(16(2)11-19)32-28(34)26-20-7-8-21(23-13-22(20)23)27(26)29(32)35/h3-11,17,20-23,26-27H,12-14H2,1-2H3/t17-,20+,21+,22+,23+,26-,27+/m1/s1. The van der Waals surface area contributed by atoms with E-state index < -0.39 is 11.9 Å². The number of carbonyl (C=O) groups is 4. The lowest BCUT2D eigenvalue weighted by atomic mass is 9.63. The molecule has 2 aromatic carbocycles. The zero-order valence-corrected chi connectivity index (χ0v) is 20.8. The predicted molar refractivity (Wildman–Crippen MR) is 136 cm³/mol. The molecule has 2 saturated heterocycles. The second-order valence-electron chi connectivity index (χ2n) is 11.3. The summed E-state index contributed by atoms with van der Waals surface area (Å²) in [5.74, 6) is -0.0319. The van der Waals surface area contributed by atoms with Crippen LogP contribution in [0.25, 0.3) is 0 Å². The van der Waals surface area contributed by atoms with Crippen LogP contribution in [0.5, 0.6) is 5.75 Å². The van der Waals surface area contributed by atoms with Gasteiger partial charge in [-0.3, -0.25) is 19.2 Å². The number of imide groups is 1. The van der Waals surface area contributed by atoms with Crippen LogP contribution in [0.4, 0.5) is 11.4 Å². The SMILES string of the molecule is Cc1cccc(N2C[C@H](C(=O)Oc3ccc(N4C(=O)[C@@H]5[C@H]6C=C[C@@H]([C@@H]7C[C@@H]67)[C@@H]5C4=O)c(C)c3)CC2=O)c1. The Hall–Kier alpha value is -3.74. The van der Waals surface area contributed by atoms with Crippen molar-refractivity contribution in [3.63, 3.8) is 0 Å². The Bertz CT molecular complexity index is 1380. The van der Waals surface area contributed by atoms with Crippen LogP contribution in [0, 0.1) is 55.3 Å². The first-order chi connectivity index (χ1) is 17.8. The molecule has 7 heteroatoms. The van der Waals surface area contributed by atoms with Gasteiger partial charge in [-0.25, -0.2) is 4.90 Å². The fourth-order valence-corrected chi connectivity index (χ4v) is 7.25. The van der Waals surface area contributed by atoms with E-state index in [9.17, 15) is 19.2 Å². The second kappa shape index (κ2) is 7.88. The Morgan fingerprint density at radius 2 is 1.62 bits per heavy atom. The summed E-state index contributed by atoms with van der Waals surface area (Å²) in [6, 6.07) is 12.7. The van der Waals surface area contributed by atoms with Crippen LogP contribution in [0.1, 0.15) is 24.0 Å². The van der Waals surface area contributed by atoms with Crippen molar-refractivity contribution in [2.75, 3.05) is 16.3 Å². The van der Waals surface area contributed by atoms with Gasteiger partial charge in [0, 0.05) is 18.7 Å². The number of ether oxygens (including phenoxy) is 1. The second-order valence-corrected chi connectivity index (χ2v) is 11.3. The summed E-state index contributed by atoms with van der Waals surface area (Å²) in [7, 11) is 0. The summed E-state index contributed by atoms with van der Waals surface area (Å²) in [6.07, 6.45) is 5.56. The van der Waals surface area contributed by atoms with E-state index in [1.54, 1.807) is 23.1 Å². The minimum absolute atomic E-state index is 0.0990. The molecule has 0 aromatic heterocycles. The minimum atomic E-state index is -0.563. The molecule has 7 atom stereocenters. The van der Waals surface area contributed by atoms with Gasteiger partial charge in [-0.15, -0.1) is 0 Å². The molecular formula is C30H28N2O5. The van der Waals surface area contributed by atoms with Crippen molar-refractivity contribution < 1.29 is 23.9 Å². The summed E-state index contributed by atoms with van der Waals surface area (Å²) in [6.45, 7) is 4.05. The molecule has 2 heterocycles. The summed E-state index contributed by atoms with van der Waals surface area (Å²) in [4.78, 5) is 55.4. The van der Waals surface area contributed by atoms with Crippen LogP contribution >= 0.6 is 0 Å². The van der Waals surface area contributed by atoms with Gasteiger partial charge in [-0.1, -0.05) is 24.3 Å². The van der Waals surface area contributed by atoms with Crippen LogP contribution in [0.2, 0.25) is 0 Å². The third-order valence-corrected chi connectivity index (χ3v) is 9.06. The van der Waals surface area contributed by atoms with Gasteiger partial charge < -0.3 is 9.64 Å². The number of hydrogen-bond donors (Lipinski definition) is 0. The number of benzene rings is 2. The Morgan fingerprint density at radius 1 is 0.919 bits per heavy atom. The number of carbonyl (C=O) groups excluding carboxylic acids is 4. The Labute approximate surface area is 215 Å². The van der Waals surface area contributed by atoms with Gasteiger partial charge >= 0.3 is 5.97 Å². The molecule has 2 bridgehead atoms. The summed E-state index contributed by atoms with van der Waals surface area (Å²) >= 11 is 0. The molecule has 0 radical (unpaired) electrons. The molecule has 188 valence electrons. The first kappa shape index (κ1) is 22.5. The topological polar surface area (TPSA) is 84.0 Å². The van der Waals surface area contributed by atoms with Gasteiger partial charge in [-0.05, 0) is 85.4 Å². The zero-order valence-electron chi connectivity index (χ0n) is 20.8. The van der Waals surface area contributed by atoms with Crippen molar-refractivity contribution >= 4 is 35.1 Å². The molecule has 8 rings (SSSR count). The molecule has 0 spiro atoms. The largest absolute Gasteiger partial charge is 0.426 e. The van der Waals surface area contributed by atoms with Crippen LogP contribution in [-0.4, -0.2) is 30.2 Å². The molecule has 37 heavy (non-hydrogen) atoms. The third-order valence-electron chi connectivity index (χ3n) is 9.06. The van der Waals surface area contributed by atoms with Crippen LogP contribution < -0.4 is 14.5 Å². The smallest absolute Gasteiger partial charge is 0.316 e. The maximum atomic E-state index is 13.4. The molecular weight excluding hydrogens is 468 g/mol. The summed E-state index contributed by atoms with van der Waals surface area (Å²) < 4.78 is 5.65. The number of anilines is 2. The van der Waals surface area contributed by atoms with Crippen molar-refractivity contribution in [3.8, 4) is 5.75 Å². The highest BCUT2D eigenvalue weighted by atomic mass is 16.5. The molecule has 2 saturated carbocycles. The number of amides is 3. The van der Waals surface area contributed by atoms with Gasteiger partial charge in [0.2, 0.25) is 17.7 Å².